The Hall–Kier alpha value is -2.76. The second-order valence-electron chi connectivity index (χ2n) is 9.81. The van der Waals surface area contributed by atoms with Gasteiger partial charge >= 0.3 is 11.9 Å². The SMILES string of the molecule is CCCCCCCCCCC(=O)Oc1cnc(-c2ccc(OC(=O)CCCCCCCCC)cc2)nc1. The van der Waals surface area contributed by atoms with Gasteiger partial charge in [0.1, 0.15) is 5.75 Å². The zero-order chi connectivity index (χ0) is 26.6. The smallest absolute Gasteiger partial charge is 0.311 e. The number of carbonyl (C=O) groups is 2. The van der Waals surface area contributed by atoms with Crippen molar-refractivity contribution in [2.75, 3.05) is 0 Å². The van der Waals surface area contributed by atoms with Crippen molar-refractivity contribution in [1.82, 2.24) is 9.97 Å². The third kappa shape index (κ3) is 13.9. The molecule has 0 radical (unpaired) electrons. The van der Waals surface area contributed by atoms with Crippen molar-refractivity contribution in [2.45, 2.75) is 123 Å². The van der Waals surface area contributed by atoms with E-state index in [1.165, 1.54) is 83.0 Å². The lowest BCUT2D eigenvalue weighted by molar-refractivity contribution is -0.135. The van der Waals surface area contributed by atoms with E-state index in [4.69, 9.17) is 9.47 Å². The Balaban J connectivity index is 1.65. The Bertz CT molecular complexity index is 881. The molecule has 0 amide bonds. The van der Waals surface area contributed by atoms with Gasteiger partial charge in [0, 0.05) is 18.4 Å². The molecule has 0 aliphatic heterocycles. The highest BCUT2D eigenvalue weighted by Crippen LogP contribution is 2.21. The van der Waals surface area contributed by atoms with Crippen molar-refractivity contribution >= 4 is 11.9 Å². The number of unbranched alkanes of at least 4 members (excludes halogenated alkanes) is 13. The highest BCUT2D eigenvalue weighted by molar-refractivity contribution is 5.73. The normalized spacial score (nSPS) is 10.9. The summed E-state index contributed by atoms with van der Waals surface area (Å²) in [7, 11) is 0. The summed E-state index contributed by atoms with van der Waals surface area (Å²) >= 11 is 0. The van der Waals surface area contributed by atoms with Crippen molar-refractivity contribution in [3.63, 3.8) is 0 Å². The number of nitrogens with zero attached hydrogens (tertiary/aromatic N) is 2. The molecule has 6 heteroatoms. The fraction of sp³-hybridized carbons (Fsp3) is 0.613. The van der Waals surface area contributed by atoms with Gasteiger partial charge in [-0.25, -0.2) is 9.97 Å². The molecule has 2 rings (SSSR count). The quantitative estimate of drug-likeness (QED) is 0.101. The van der Waals surface area contributed by atoms with E-state index in [1.54, 1.807) is 12.1 Å². The van der Waals surface area contributed by atoms with E-state index in [1.807, 2.05) is 12.1 Å². The van der Waals surface area contributed by atoms with Crippen LogP contribution in [-0.2, 0) is 9.59 Å². The molecule has 0 fully saturated rings. The van der Waals surface area contributed by atoms with Crippen LogP contribution in [0.3, 0.4) is 0 Å². The van der Waals surface area contributed by atoms with Crippen LogP contribution >= 0.6 is 0 Å². The maximum Gasteiger partial charge on any atom is 0.311 e. The average Bonchev–Trinajstić information content (AvgIpc) is 2.90. The molecule has 0 spiro atoms. The van der Waals surface area contributed by atoms with E-state index in [2.05, 4.69) is 23.8 Å². The minimum Gasteiger partial charge on any atom is -0.427 e. The van der Waals surface area contributed by atoms with E-state index in [0.29, 0.717) is 30.2 Å². The summed E-state index contributed by atoms with van der Waals surface area (Å²) in [6.07, 6.45) is 21.6. The van der Waals surface area contributed by atoms with E-state index < -0.39 is 0 Å². The van der Waals surface area contributed by atoms with Crippen LogP contribution in [0.15, 0.2) is 36.7 Å². The largest absolute Gasteiger partial charge is 0.427 e. The fourth-order valence-electron chi connectivity index (χ4n) is 4.18. The second kappa shape index (κ2) is 19.4. The number of carbonyl (C=O) groups excluding carboxylic acids is 2. The van der Waals surface area contributed by atoms with Gasteiger partial charge in [-0.3, -0.25) is 9.59 Å². The van der Waals surface area contributed by atoms with Crippen LogP contribution in [0.5, 0.6) is 11.5 Å². The molecule has 0 aliphatic rings. The molecule has 1 aromatic heterocycles. The molecule has 0 saturated heterocycles. The molecule has 204 valence electrons. The molecular formula is C31H46N2O4. The Kier molecular flexibility index (Phi) is 15.9. The number of rotatable bonds is 20. The van der Waals surface area contributed by atoms with Gasteiger partial charge in [0.25, 0.3) is 0 Å². The first kappa shape index (κ1) is 30.5. The molecule has 0 atom stereocenters. The summed E-state index contributed by atoms with van der Waals surface area (Å²) in [6, 6.07) is 7.14. The molecule has 0 unspecified atom stereocenters. The van der Waals surface area contributed by atoms with Gasteiger partial charge in [-0.1, -0.05) is 97.3 Å². The van der Waals surface area contributed by atoms with Gasteiger partial charge in [0.05, 0.1) is 12.4 Å². The molecule has 1 aromatic carbocycles. The van der Waals surface area contributed by atoms with Crippen molar-refractivity contribution in [3.05, 3.63) is 36.7 Å². The van der Waals surface area contributed by atoms with Gasteiger partial charge in [-0.2, -0.15) is 0 Å². The standard InChI is InChI=1S/C31H46N2O4/c1-3-5-7-9-11-13-15-17-19-30(35)37-28-24-32-31(33-25-28)26-20-22-27(23-21-26)36-29(34)18-16-14-12-10-8-6-4-2/h20-25H,3-19H2,1-2H3. The zero-order valence-electron chi connectivity index (χ0n) is 23.0. The summed E-state index contributed by atoms with van der Waals surface area (Å²) in [5, 5.41) is 0. The Morgan fingerprint density at radius 1 is 0.568 bits per heavy atom. The summed E-state index contributed by atoms with van der Waals surface area (Å²) < 4.78 is 10.8. The summed E-state index contributed by atoms with van der Waals surface area (Å²) in [6.45, 7) is 4.43. The highest BCUT2D eigenvalue weighted by Gasteiger charge is 2.09. The minimum atomic E-state index is -0.245. The molecule has 37 heavy (non-hydrogen) atoms. The third-order valence-corrected chi connectivity index (χ3v) is 6.42. The molecule has 1 heterocycles. The number of esters is 2. The molecule has 0 aliphatic carbocycles. The number of hydrogen-bond acceptors (Lipinski definition) is 6. The molecule has 0 N–H and O–H groups in total. The van der Waals surface area contributed by atoms with Crippen LogP contribution in [0.1, 0.15) is 123 Å². The van der Waals surface area contributed by atoms with Gasteiger partial charge < -0.3 is 9.47 Å². The van der Waals surface area contributed by atoms with Crippen molar-refractivity contribution in [2.24, 2.45) is 0 Å². The van der Waals surface area contributed by atoms with E-state index in [-0.39, 0.29) is 11.9 Å². The van der Waals surface area contributed by atoms with Gasteiger partial charge in [-0.05, 0) is 37.1 Å². The molecular weight excluding hydrogens is 464 g/mol. The Morgan fingerprint density at radius 2 is 0.973 bits per heavy atom. The lowest BCUT2D eigenvalue weighted by atomic mass is 10.1. The molecule has 6 nitrogen and oxygen atoms in total. The van der Waals surface area contributed by atoms with Crippen molar-refractivity contribution in [3.8, 4) is 22.9 Å². The number of aromatic nitrogens is 2. The van der Waals surface area contributed by atoms with Crippen LogP contribution < -0.4 is 9.47 Å². The maximum absolute atomic E-state index is 12.1. The van der Waals surface area contributed by atoms with Crippen LogP contribution in [-0.4, -0.2) is 21.9 Å². The van der Waals surface area contributed by atoms with Crippen molar-refractivity contribution in [1.29, 1.82) is 0 Å². The Morgan fingerprint density at radius 3 is 1.43 bits per heavy atom. The Labute approximate surface area is 223 Å². The predicted molar refractivity (Wildman–Crippen MR) is 149 cm³/mol. The first-order valence-corrected chi connectivity index (χ1v) is 14.5. The van der Waals surface area contributed by atoms with Gasteiger partial charge in [0.15, 0.2) is 11.6 Å². The van der Waals surface area contributed by atoms with E-state index in [9.17, 15) is 9.59 Å². The lowest BCUT2D eigenvalue weighted by Gasteiger charge is -2.07. The van der Waals surface area contributed by atoms with Crippen molar-refractivity contribution < 1.29 is 19.1 Å². The monoisotopic (exact) mass is 510 g/mol. The molecule has 0 saturated carbocycles. The first-order valence-electron chi connectivity index (χ1n) is 14.5. The first-order chi connectivity index (χ1) is 18.1. The number of ether oxygens (including phenoxy) is 2. The minimum absolute atomic E-state index is 0.198. The topological polar surface area (TPSA) is 78.4 Å². The summed E-state index contributed by atoms with van der Waals surface area (Å²) in [5.74, 6) is 0.942. The third-order valence-electron chi connectivity index (χ3n) is 6.42. The fourth-order valence-corrected chi connectivity index (χ4v) is 4.18. The van der Waals surface area contributed by atoms with Gasteiger partial charge in [0.2, 0.25) is 0 Å². The number of benzene rings is 1. The molecule has 0 bridgehead atoms. The predicted octanol–water partition coefficient (Wildman–Crippen LogP) is 8.63. The van der Waals surface area contributed by atoms with E-state index in [0.717, 1.165) is 31.2 Å². The highest BCUT2D eigenvalue weighted by atomic mass is 16.5. The maximum atomic E-state index is 12.1. The number of hydrogen-bond donors (Lipinski definition) is 0. The second-order valence-corrected chi connectivity index (χ2v) is 9.81. The summed E-state index contributed by atoms with van der Waals surface area (Å²) in [5.41, 5.74) is 0.795. The molecule has 2 aromatic rings. The zero-order valence-corrected chi connectivity index (χ0v) is 23.0. The van der Waals surface area contributed by atoms with E-state index >= 15 is 0 Å². The lowest BCUT2D eigenvalue weighted by Crippen LogP contribution is -2.08. The van der Waals surface area contributed by atoms with Crippen LogP contribution in [0.25, 0.3) is 11.4 Å². The van der Waals surface area contributed by atoms with Gasteiger partial charge in [-0.15, -0.1) is 0 Å². The summed E-state index contributed by atoms with van der Waals surface area (Å²) in [4.78, 5) is 32.8. The average molecular weight is 511 g/mol. The van der Waals surface area contributed by atoms with Crippen LogP contribution in [0.4, 0.5) is 0 Å². The van der Waals surface area contributed by atoms with Crippen LogP contribution in [0.2, 0.25) is 0 Å². The van der Waals surface area contributed by atoms with Crippen LogP contribution in [0, 0.1) is 0 Å².